The van der Waals surface area contributed by atoms with E-state index in [1.165, 1.54) is 0 Å². The summed E-state index contributed by atoms with van der Waals surface area (Å²) in [6.45, 7) is 4.60. The Labute approximate surface area is 177 Å². The van der Waals surface area contributed by atoms with Gasteiger partial charge in [0.25, 0.3) is 0 Å². The van der Waals surface area contributed by atoms with Crippen LogP contribution in [0.3, 0.4) is 0 Å². The lowest BCUT2D eigenvalue weighted by molar-refractivity contribution is 0.193. The fourth-order valence-electron chi connectivity index (χ4n) is 4.15. The molecule has 0 unspecified atom stereocenters. The van der Waals surface area contributed by atoms with Gasteiger partial charge in [-0.3, -0.25) is 14.9 Å². The molecular formula is C23H27N5O2. The minimum Gasteiger partial charge on any atom is -0.493 e. The number of nitrogens with zero attached hydrogens (tertiary/aromatic N) is 5. The maximum absolute atomic E-state index is 5.57. The second kappa shape index (κ2) is 9.17. The number of rotatable bonds is 6. The highest BCUT2D eigenvalue weighted by Crippen LogP contribution is 2.35. The lowest BCUT2D eigenvalue weighted by atomic mass is 9.90. The molecule has 0 aliphatic carbocycles. The first kappa shape index (κ1) is 20.2. The van der Waals surface area contributed by atoms with Gasteiger partial charge in [0.15, 0.2) is 11.5 Å². The molecule has 0 bridgehead atoms. The highest BCUT2D eigenvalue weighted by molar-refractivity contribution is 5.65. The van der Waals surface area contributed by atoms with Crippen molar-refractivity contribution >= 4 is 0 Å². The Balaban J connectivity index is 1.59. The van der Waals surface area contributed by atoms with Gasteiger partial charge in [-0.15, -0.1) is 0 Å². The summed E-state index contributed by atoms with van der Waals surface area (Å²) in [4.78, 5) is 20.4. The zero-order valence-corrected chi connectivity index (χ0v) is 17.7. The van der Waals surface area contributed by atoms with Crippen molar-refractivity contribution in [1.29, 1.82) is 0 Å². The van der Waals surface area contributed by atoms with E-state index in [9.17, 15) is 0 Å². The number of hydrogen-bond donors (Lipinski definition) is 0. The first-order valence-corrected chi connectivity index (χ1v) is 10.2. The van der Waals surface area contributed by atoms with Gasteiger partial charge < -0.3 is 9.47 Å². The van der Waals surface area contributed by atoms with Crippen LogP contribution >= 0.6 is 0 Å². The number of pyridine rings is 2. The van der Waals surface area contributed by atoms with E-state index in [1.54, 1.807) is 20.4 Å². The third-order valence-electron chi connectivity index (χ3n) is 5.56. The molecule has 3 aromatic rings. The molecular weight excluding hydrogens is 378 g/mol. The smallest absolute Gasteiger partial charge is 0.183 e. The number of hydrogen-bond acceptors (Lipinski definition) is 7. The van der Waals surface area contributed by atoms with Crippen molar-refractivity contribution in [2.24, 2.45) is 0 Å². The Morgan fingerprint density at radius 1 is 1.07 bits per heavy atom. The Bertz CT molecular complexity index is 996. The van der Waals surface area contributed by atoms with Crippen LogP contribution in [0.2, 0.25) is 0 Å². The average Bonchev–Trinajstić information content (AvgIpc) is 2.79. The highest BCUT2D eigenvalue weighted by Gasteiger charge is 2.26. The summed E-state index contributed by atoms with van der Waals surface area (Å²) in [7, 11) is 3.31. The van der Waals surface area contributed by atoms with Crippen LogP contribution in [0.15, 0.2) is 43.0 Å². The van der Waals surface area contributed by atoms with Crippen LogP contribution in [0.1, 0.15) is 36.0 Å². The van der Waals surface area contributed by atoms with Crippen molar-refractivity contribution in [3.05, 3.63) is 60.2 Å². The minimum absolute atomic E-state index is 0.334. The lowest BCUT2D eigenvalue weighted by Gasteiger charge is -2.33. The van der Waals surface area contributed by atoms with E-state index in [0.29, 0.717) is 24.0 Å². The predicted octanol–water partition coefficient (Wildman–Crippen LogP) is 3.64. The standard InChI is InChI=1S/C23H27N5O2/c1-16-26-13-19(17-6-9-24-10-7-17)22(27-16)18-5-4-12-28(14-18)15-20-23(30-3)21(29-2)8-11-25-20/h6-11,13,18H,4-5,12,14-15H2,1-3H3/t18-/m1/s1. The molecule has 0 spiro atoms. The molecule has 7 heteroatoms. The highest BCUT2D eigenvalue weighted by atomic mass is 16.5. The quantitative estimate of drug-likeness (QED) is 0.620. The van der Waals surface area contributed by atoms with E-state index in [2.05, 4.69) is 19.9 Å². The third-order valence-corrected chi connectivity index (χ3v) is 5.56. The Hall–Kier alpha value is -3.06. The number of ether oxygens (including phenoxy) is 2. The van der Waals surface area contributed by atoms with Crippen LogP contribution in [0.25, 0.3) is 11.1 Å². The number of piperidine rings is 1. The summed E-state index contributed by atoms with van der Waals surface area (Å²) < 4.78 is 11.0. The lowest BCUT2D eigenvalue weighted by Crippen LogP contribution is -2.35. The van der Waals surface area contributed by atoms with Crippen molar-refractivity contribution < 1.29 is 9.47 Å². The van der Waals surface area contributed by atoms with Crippen molar-refractivity contribution in [2.45, 2.75) is 32.2 Å². The fourth-order valence-corrected chi connectivity index (χ4v) is 4.15. The molecule has 3 aromatic heterocycles. The summed E-state index contributed by atoms with van der Waals surface area (Å²) in [5, 5.41) is 0. The van der Waals surface area contributed by atoms with Gasteiger partial charge in [0.1, 0.15) is 11.5 Å². The van der Waals surface area contributed by atoms with E-state index in [1.807, 2.05) is 43.7 Å². The molecule has 4 heterocycles. The molecule has 7 nitrogen and oxygen atoms in total. The summed E-state index contributed by atoms with van der Waals surface area (Å²) in [5.74, 6) is 2.55. The van der Waals surface area contributed by atoms with Gasteiger partial charge in [0, 0.05) is 55.4 Å². The molecule has 4 rings (SSSR count). The SMILES string of the molecule is COc1ccnc(CN2CCC[C@@H](c3nc(C)ncc3-c3ccncc3)C2)c1OC. The van der Waals surface area contributed by atoms with E-state index in [0.717, 1.165) is 54.3 Å². The fraction of sp³-hybridized carbons (Fsp3) is 0.391. The molecule has 1 fully saturated rings. The van der Waals surface area contributed by atoms with Crippen LogP contribution in [-0.4, -0.2) is 52.1 Å². The number of aryl methyl sites for hydroxylation is 1. The summed E-state index contributed by atoms with van der Waals surface area (Å²) in [5.41, 5.74) is 4.20. The average molecular weight is 406 g/mol. The largest absolute Gasteiger partial charge is 0.493 e. The van der Waals surface area contributed by atoms with Crippen molar-refractivity contribution in [3.63, 3.8) is 0 Å². The number of likely N-dealkylation sites (tertiary alicyclic amines) is 1. The van der Waals surface area contributed by atoms with E-state index in [4.69, 9.17) is 14.5 Å². The normalized spacial score (nSPS) is 17.0. The molecule has 1 saturated heterocycles. The van der Waals surface area contributed by atoms with Crippen molar-refractivity contribution in [3.8, 4) is 22.6 Å². The summed E-state index contributed by atoms with van der Waals surface area (Å²) in [6, 6.07) is 5.86. The molecule has 1 aliphatic heterocycles. The van der Waals surface area contributed by atoms with Crippen LogP contribution < -0.4 is 9.47 Å². The van der Waals surface area contributed by atoms with Gasteiger partial charge in [0.2, 0.25) is 0 Å². The monoisotopic (exact) mass is 405 g/mol. The molecule has 0 amide bonds. The summed E-state index contributed by atoms with van der Waals surface area (Å²) >= 11 is 0. The zero-order chi connectivity index (χ0) is 20.9. The van der Waals surface area contributed by atoms with Gasteiger partial charge in [-0.1, -0.05) is 0 Å². The van der Waals surface area contributed by atoms with Crippen LogP contribution in [-0.2, 0) is 6.54 Å². The molecule has 1 aliphatic rings. The molecule has 30 heavy (non-hydrogen) atoms. The Morgan fingerprint density at radius 2 is 1.90 bits per heavy atom. The zero-order valence-electron chi connectivity index (χ0n) is 17.7. The van der Waals surface area contributed by atoms with Crippen LogP contribution in [0, 0.1) is 6.92 Å². The predicted molar refractivity (Wildman–Crippen MR) is 115 cm³/mol. The van der Waals surface area contributed by atoms with Gasteiger partial charge in [-0.05, 0) is 44.0 Å². The molecule has 156 valence electrons. The number of methoxy groups -OCH3 is 2. The molecule has 0 saturated carbocycles. The molecule has 0 N–H and O–H groups in total. The summed E-state index contributed by atoms with van der Waals surface area (Å²) in [6.07, 6.45) is 9.55. The maximum Gasteiger partial charge on any atom is 0.183 e. The molecule has 1 atom stereocenters. The van der Waals surface area contributed by atoms with Gasteiger partial charge >= 0.3 is 0 Å². The van der Waals surface area contributed by atoms with E-state index < -0.39 is 0 Å². The van der Waals surface area contributed by atoms with Gasteiger partial charge in [-0.2, -0.15) is 0 Å². The van der Waals surface area contributed by atoms with Crippen LogP contribution in [0.5, 0.6) is 11.5 Å². The third kappa shape index (κ3) is 4.26. The molecule has 0 aromatic carbocycles. The maximum atomic E-state index is 5.57. The minimum atomic E-state index is 0.334. The first-order chi connectivity index (χ1) is 14.7. The van der Waals surface area contributed by atoms with Crippen molar-refractivity contribution in [2.75, 3.05) is 27.3 Å². The van der Waals surface area contributed by atoms with Gasteiger partial charge in [0.05, 0.1) is 19.9 Å². The van der Waals surface area contributed by atoms with Crippen LogP contribution in [0.4, 0.5) is 0 Å². The second-order valence-electron chi connectivity index (χ2n) is 7.52. The Morgan fingerprint density at radius 3 is 2.67 bits per heavy atom. The topological polar surface area (TPSA) is 73.3 Å². The van der Waals surface area contributed by atoms with E-state index in [-0.39, 0.29) is 0 Å². The number of aromatic nitrogens is 4. The first-order valence-electron chi connectivity index (χ1n) is 10.2. The van der Waals surface area contributed by atoms with Crippen molar-refractivity contribution in [1.82, 2.24) is 24.8 Å². The second-order valence-corrected chi connectivity index (χ2v) is 7.52. The van der Waals surface area contributed by atoms with E-state index >= 15 is 0 Å². The van der Waals surface area contributed by atoms with Gasteiger partial charge in [-0.25, -0.2) is 9.97 Å². The molecule has 0 radical (unpaired) electrons. The Kier molecular flexibility index (Phi) is 6.18.